The Morgan fingerprint density at radius 2 is 2.25 bits per heavy atom. The zero-order valence-electron chi connectivity index (χ0n) is 11.9. The van der Waals surface area contributed by atoms with Gasteiger partial charge in [0.1, 0.15) is 5.52 Å². The lowest BCUT2D eigenvalue weighted by Crippen LogP contribution is -2.03. The molecule has 3 heterocycles. The number of aromatic nitrogens is 5. The van der Waals surface area contributed by atoms with Gasteiger partial charge in [-0.1, -0.05) is 13.8 Å². The lowest BCUT2D eigenvalue weighted by Gasteiger charge is -2.05. The van der Waals surface area contributed by atoms with Crippen molar-refractivity contribution in [1.29, 1.82) is 0 Å². The number of nitrogens with one attached hydrogen (secondary N) is 2. The van der Waals surface area contributed by atoms with E-state index in [4.69, 9.17) is 0 Å². The normalized spacial score (nSPS) is 11.4. The summed E-state index contributed by atoms with van der Waals surface area (Å²) in [5, 5.41) is 14.9. The molecule has 6 nitrogen and oxygen atoms in total. The van der Waals surface area contributed by atoms with E-state index < -0.39 is 0 Å². The van der Waals surface area contributed by atoms with Gasteiger partial charge in [0.05, 0.1) is 11.9 Å². The van der Waals surface area contributed by atoms with Gasteiger partial charge in [-0.15, -0.1) is 0 Å². The summed E-state index contributed by atoms with van der Waals surface area (Å²) in [5.41, 5.74) is 4.27. The van der Waals surface area contributed by atoms with E-state index in [9.17, 15) is 0 Å². The molecule has 0 aliphatic carbocycles. The summed E-state index contributed by atoms with van der Waals surface area (Å²) >= 11 is 0. The van der Waals surface area contributed by atoms with Gasteiger partial charge in [0, 0.05) is 30.2 Å². The van der Waals surface area contributed by atoms with Crippen LogP contribution >= 0.6 is 0 Å². The fraction of sp³-hybridized carbons (Fsp3) is 0.357. The van der Waals surface area contributed by atoms with Crippen LogP contribution in [0.5, 0.6) is 0 Å². The summed E-state index contributed by atoms with van der Waals surface area (Å²) in [6.07, 6.45) is 5.46. The molecule has 3 aromatic rings. The third-order valence-electron chi connectivity index (χ3n) is 3.38. The highest BCUT2D eigenvalue weighted by molar-refractivity contribution is 5.68. The molecule has 104 valence electrons. The van der Waals surface area contributed by atoms with Crippen LogP contribution in [0.3, 0.4) is 0 Å². The highest BCUT2D eigenvalue weighted by Crippen LogP contribution is 2.20. The number of nitrogens with zero attached hydrogens (tertiary/aromatic N) is 4. The van der Waals surface area contributed by atoms with Crippen LogP contribution in [0.2, 0.25) is 0 Å². The zero-order valence-corrected chi connectivity index (χ0v) is 11.9. The van der Waals surface area contributed by atoms with Crippen molar-refractivity contribution in [3.63, 3.8) is 0 Å². The van der Waals surface area contributed by atoms with Crippen LogP contribution in [0.1, 0.15) is 36.7 Å². The molecule has 0 atom stereocenters. The molecular formula is C14H18N6. The second kappa shape index (κ2) is 4.96. The number of fused-ring (bicyclic) bond motifs is 1. The van der Waals surface area contributed by atoms with Crippen LogP contribution in [0, 0.1) is 6.92 Å². The summed E-state index contributed by atoms with van der Waals surface area (Å²) in [6, 6.07) is 2.09. The number of rotatable bonds is 4. The Kier molecular flexibility index (Phi) is 3.14. The first-order valence-corrected chi connectivity index (χ1v) is 6.72. The number of anilines is 1. The summed E-state index contributed by atoms with van der Waals surface area (Å²) in [4.78, 5) is 4.41. The topological polar surface area (TPSA) is 70.9 Å². The van der Waals surface area contributed by atoms with Gasteiger partial charge in [0.25, 0.3) is 0 Å². The fourth-order valence-electron chi connectivity index (χ4n) is 2.09. The molecule has 0 spiro atoms. The Morgan fingerprint density at radius 1 is 1.40 bits per heavy atom. The van der Waals surface area contributed by atoms with E-state index in [-0.39, 0.29) is 0 Å². The van der Waals surface area contributed by atoms with Gasteiger partial charge in [-0.2, -0.15) is 10.2 Å². The zero-order chi connectivity index (χ0) is 14.1. The molecule has 20 heavy (non-hydrogen) atoms. The molecule has 0 amide bonds. The molecule has 0 fully saturated rings. The first-order chi connectivity index (χ1) is 9.65. The van der Waals surface area contributed by atoms with Crippen molar-refractivity contribution in [3.8, 4) is 0 Å². The maximum Gasteiger partial charge on any atom is 0.152 e. The minimum Gasteiger partial charge on any atom is -0.364 e. The van der Waals surface area contributed by atoms with Crippen LogP contribution in [-0.4, -0.2) is 24.8 Å². The molecule has 3 aromatic heterocycles. The van der Waals surface area contributed by atoms with Gasteiger partial charge in [0.2, 0.25) is 0 Å². The molecule has 0 saturated heterocycles. The molecule has 0 aliphatic heterocycles. The number of H-pyrrole nitrogens is 1. The van der Waals surface area contributed by atoms with Gasteiger partial charge in [-0.25, -0.2) is 9.50 Å². The predicted octanol–water partition coefficient (Wildman–Crippen LogP) is 2.50. The number of aromatic amines is 1. The lowest BCUT2D eigenvalue weighted by molar-refractivity contribution is 0.787. The maximum atomic E-state index is 4.55. The fourth-order valence-corrected chi connectivity index (χ4v) is 2.09. The number of hydrogen-bond donors (Lipinski definition) is 2. The van der Waals surface area contributed by atoms with Crippen molar-refractivity contribution in [1.82, 2.24) is 24.8 Å². The van der Waals surface area contributed by atoms with Crippen molar-refractivity contribution >= 4 is 11.3 Å². The van der Waals surface area contributed by atoms with Gasteiger partial charge >= 0.3 is 0 Å². The SMILES string of the molecule is Cc1[nH]ncc1CNc1nccn2nc(C(C)C)cc12. The molecule has 0 unspecified atom stereocenters. The molecule has 0 aromatic carbocycles. The highest BCUT2D eigenvalue weighted by Gasteiger charge is 2.10. The van der Waals surface area contributed by atoms with Crippen LogP contribution in [0.15, 0.2) is 24.7 Å². The first kappa shape index (κ1) is 12.7. The average Bonchev–Trinajstić information content (AvgIpc) is 3.02. The smallest absolute Gasteiger partial charge is 0.152 e. The van der Waals surface area contributed by atoms with Gasteiger partial charge in [-0.05, 0) is 18.9 Å². The summed E-state index contributed by atoms with van der Waals surface area (Å²) < 4.78 is 1.87. The summed E-state index contributed by atoms with van der Waals surface area (Å²) in [7, 11) is 0. The van der Waals surface area contributed by atoms with E-state index >= 15 is 0 Å². The molecule has 6 heteroatoms. The number of hydrogen-bond acceptors (Lipinski definition) is 4. The average molecular weight is 270 g/mol. The molecule has 0 saturated carbocycles. The van der Waals surface area contributed by atoms with E-state index in [1.54, 1.807) is 6.20 Å². The monoisotopic (exact) mass is 270 g/mol. The predicted molar refractivity (Wildman–Crippen MR) is 77.7 cm³/mol. The second-order valence-electron chi connectivity index (χ2n) is 5.20. The first-order valence-electron chi connectivity index (χ1n) is 6.72. The van der Waals surface area contributed by atoms with Crippen molar-refractivity contribution < 1.29 is 0 Å². The van der Waals surface area contributed by atoms with Gasteiger partial charge in [0.15, 0.2) is 5.82 Å². The Hall–Kier alpha value is -2.37. The molecule has 3 rings (SSSR count). The molecule has 0 aliphatic rings. The highest BCUT2D eigenvalue weighted by atomic mass is 15.2. The van der Waals surface area contributed by atoms with Crippen LogP contribution in [0.25, 0.3) is 5.52 Å². The van der Waals surface area contributed by atoms with Gasteiger partial charge < -0.3 is 5.32 Å². The Bertz CT molecular complexity index is 724. The second-order valence-corrected chi connectivity index (χ2v) is 5.20. The lowest BCUT2D eigenvalue weighted by atomic mass is 10.1. The van der Waals surface area contributed by atoms with Crippen LogP contribution in [-0.2, 0) is 6.54 Å². The number of aryl methyl sites for hydroxylation is 1. The maximum absolute atomic E-state index is 4.55. The quantitative estimate of drug-likeness (QED) is 0.764. The van der Waals surface area contributed by atoms with Crippen LogP contribution < -0.4 is 5.32 Å². The van der Waals surface area contributed by atoms with Crippen LogP contribution in [0.4, 0.5) is 5.82 Å². The van der Waals surface area contributed by atoms with E-state index in [0.717, 1.165) is 28.3 Å². The van der Waals surface area contributed by atoms with Gasteiger partial charge in [-0.3, -0.25) is 5.10 Å². The minimum atomic E-state index is 0.402. The van der Waals surface area contributed by atoms with Crippen molar-refractivity contribution in [3.05, 3.63) is 41.6 Å². The third-order valence-corrected chi connectivity index (χ3v) is 3.38. The standard InChI is InChI=1S/C14H18N6/c1-9(2)12-6-13-14(15-4-5-20(13)19-12)16-7-11-8-17-18-10(11)3/h4-6,8-9H,7H2,1-3H3,(H,15,16)(H,17,18). The summed E-state index contributed by atoms with van der Waals surface area (Å²) in [6.45, 7) is 6.97. The van der Waals surface area contributed by atoms with E-state index in [1.807, 2.05) is 23.8 Å². The molecule has 0 radical (unpaired) electrons. The minimum absolute atomic E-state index is 0.402. The van der Waals surface area contributed by atoms with E-state index in [0.29, 0.717) is 12.5 Å². The Labute approximate surface area is 117 Å². The van der Waals surface area contributed by atoms with E-state index in [2.05, 4.69) is 45.5 Å². The van der Waals surface area contributed by atoms with E-state index in [1.165, 1.54) is 0 Å². The summed E-state index contributed by atoms with van der Waals surface area (Å²) in [5.74, 6) is 1.24. The third kappa shape index (κ3) is 2.24. The Morgan fingerprint density at radius 3 is 2.95 bits per heavy atom. The molecule has 0 bridgehead atoms. The largest absolute Gasteiger partial charge is 0.364 e. The molecular weight excluding hydrogens is 252 g/mol. The Balaban J connectivity index is 1.89. The van der Waals surface area contributed by atoms with Crippen molar-refractivity contribution in [2.75, 3.05) is 5.32 Å². The molecule has 2 N–H and O–H groups in total. The van der Waals surface area contributed by atoms with Crippen molar-refractivity contribution in [2.45, 2.75) is 33.2 Å². The van der Waals surface area contributed by atoms with Crippen molar-refractivity contribution in [2.24, 2.45) is 0 Å².